The van der Waals surface area contributed by atoms with Crippen molar-refractivity contribution >= 4 is 70.4 Å². The molecule has 3 amide bonds. The average molecular weight is 854 g/mol. The fraction of sp³-hybridized carbons (Fsp3) is 0.658. The largest absolute Gasteiger partial charge is 0.480 e. The molecule has 58 heavy (non-hydrogen) atoms. The molecule has 1 heterocycles. The van der Waals surface area contributed by atoms with Crippen molar-refractivity contribution in [2.75, 3.05) is 90.3 Å². The summed E-state index contributed by atoms with van der Waals surface area (Å²) in [6.07, 6.45) is 4.61. The Morgan fingerprint density at radius 3 is 2.00 bits per heavy atom. The number of carbonyl (C=O) groups excluding carboxylic acids is 3. The minimum absolute atomic E-state index is 0.171. The van der Waals surface area contributed by atoms with Crippen molar-refractivity contribution in [3.05, 3.63) is 29.8 Å². The van der Waals surface area contributed by atoms with E-state index in [0.29, 0.717) is 56.8 Å². The number of thiocarbonyl (C=S) groups is 1. The van der Waals surface area contributed by atoms with Crippen LogP contribution in [0.25, 0.3) is 0 Å². The number of unbranched alkanes of at least 4 members (excludes halogenated alkanes) is 1. The molecule has 1 aromatic rings. The lowest BCUT2D eigenvalue weighted by Crippen LogP contribution is -2.58. The van der Waals surface area contributed by atoms with Gasteiger partial charge in [0, 0.05) is 44.5 Å². The molecule has 4 atom stereocenters. The number of benzene rings is 1. The summed E-state index contributed by atoms with van der Waals surface area (Å²) < 4.78 is 0. The van der Waals surface area contributed by atoms with Gasteiger partial charge < -0.3 is 47.2 Å². The van der Waals surface area contributed by atoms with Gasteiger partial charge in [0.15, 0.2) is 5.11 Å². The van der Waals surface area contributed by atoms with Gasteiger partial charge in [-0.25, -0.2) is 0 Å². The molecule has 1 fully saturated rings. The minimum Gasteiger partial charge on any atom is -0.480 e. The molecule has 20 heteroatoms. The number of aliphatic carboxylic acids is 3. The molecule has 1 aliphatic rings. The predicted octanol–water partition coefficient (Wildman–Crippen LogP) is 0.0220. The van der Waals surface area contributed by atoms with Gasteiger partial charge in [-0.2, -0.15) is 11.8 Å². The van der Waals surface area contributed by atoms with Gasteiger partial charge in [-0.05, 0) is 101 Å². The predicted molar refractivity (Wildman–Crippen MR) is 228 cm³/mol. The molecule has 0 radical (unpaired) electrons. The van der Waals surface area contributed by atoms with Gasteiger partial charge in [-0.1, -0.05) is 26.0 Å². The van der Waals surface area contributed by atoms with Gasteiger partial charge in [-0.3, -0.25) is 43.5 Å². The van der Waals surface area contributed by atoms with Crippen LogP contribution >= 0.6 is 24.0 Å². The Kier molecular flexibility index (Phi) is 22.5. The molecule has 0 spiro atoms. The van der Waals surface area contributed by atoms with Crippen LogP contribution < -0.4 is 27.0 Å². The van der Waals surface area contributed by atoms with Crippen molar-refractivity contribution in [3.8, 4) is 0 Å². The molecule has 1 saturated heterocycles. The maximum atomic E-state index is 13.6. The highest BCUT2D eigenvalue weighted by Crippen LogP contribution is 2.17. The lowest BCUT2D eigenvalue weighted by atomic mass is 10.0. The van der Waals surface area contributed by atoms with Gasteiger partial charge in [0.2, 0.25) is 17.7 Å². The second kappa shape index (κ2) is 26.1. The zero-order valence-electron chi connectivity index (χ0n) is 34.3. The zero-order valence-corrected chi connectivity index (χ0v) is 35.9. The number of rotatable bonds is 24. The molecule has 0 bridgehead atoms. The van der Waals surface area contributed by atoms with E-state index in [4.69, 9.17) is 18.0 Å². The summed E-state index contributed by atoms with van der Waals surface area (Å²) in [6, 6.07) is 4.30. The summed E-state index contributed by atoms with van der Waals surface area (Å²) in [5, 5.41) is 40.6. The lowest BCUT2D eigenvalue weighted by molar-refractivity contribution is -0.140. The minimum atomic E-state index is -1.05. The molecule has 326 valence electrons. The summed E-state index contributed by atoms with van der Waals surface area (Å²) in [5.41, 5.74) is 7.07. The molecule has 0 aromatic heterocycles. The summed E-state index contributed by atoms with van der Waals surface area (Å²) in [5.74, 6) is -4.37. The maximum absolute atomic E-state index is 13.6. The first-order chi connectivity index (χ1) is 27.4. The molecule has 1 aliphatic heterocycles. The highest BCUT2D eigenvalue weighted by Gasteiger charge is 2.31. The maximum Gasteiger partial charge on any atom is 0.317 e. The Morgan fingerprint density at radius 1 is 0.828 bits per heavy atom. The number of carboxylic acids is 3. The monoisotopic (exact) mass is 853 g/mol. The van der Waals surface area contributed by atoms with Crippen molar-refractivity contribution in [1.29, 1.82) is 0 Å². The van der Waals surface area contributed by atoms with Gasteiger partial charge in [0.25, 0.3) is 0 Å². The summed E-state index contributed by atoms with van der Waals surface area (Å²) in [6.45, 7) is 5.08. The van der Waals surface area contributed by atoms with Crippen LogP contribution in [0.15, 0.2) is 24.3 Å². The van der Waals surface area contributed by atoms with E-state index < -0.39 is 53.8 Å². The highest BCUT2D eigenvalue weighted by atomic mass is 32.2. The first kappa shape index (κ1) is 50.1. The Bertz CT molecular complexity index is 1520. The standard InChI is InChI=1S/C38H63N9O9S2/c1-25(2)34(37(56)41-29(35(39)54)8-6-7-14-44(3)4)43-36(55)30(13-19-58-5)42-38(57)40-27-11-9-26(10-12-27)20-28-21-46(23-32(50)51)16-15-45(22-31(48)49)17-18-47(28)24-33(52)53/h9-12,25,28-30,34H,6-8,13-24H2,1-5H3,(H2,39,54)(H,41,56)(H,43,55)(H,48,49)(H,50,51)(H,52,53)(H2,40,42,57)/t28?,29-,30-,34-/m0/s1. The third-order valence-electron chi connectivity index (χ3n) is 9.65. The van der Waals surface area contributed by atoms with Crippen molar-refractivity contribution in [1.82, 2.24) is 35.6 Å². The van der Waals surface area contributed by atoms with Gasteiger partial charge in [0.1, 0.15) is 18.1 Å². The van der Waals surface area contributed by atoms with E-state index in [0.717, 1.165) is 18.5 Å². The van der Waals surface area contributed by atoms with Crippen molar-refractivity contribution in [2.24, 2.45) is 11.7 Å². The number of thioether (sulfide) groups is 1. The van der Waals surface area contributed by atoms with Crippen LogP contribution in [0.2, 0.25) is 0 Å². The number of amides is 3. The Balaban J connectivity index is 2.15. The first-order valence-electron chi connectivity index (χ1n) is 19.4. The number of hydrogen-bond acceptors (Lipinski definition) is 12. The van der Waals surface area contributed by atoms with E-state index in [9.17, 15) is 44.1 Å². The van der Waals surface area contributed by atoms with Gasteiger partial charge >= 0.3 is 17.9 Å². The Labute approximate surface area is 351 Å². The molecule has 2 rings (SSSR count). The van der Waals surface area contributed by atoms with Crippen LogP contribution in [0, 0.1) is 5.92 Å². The van der Waals surface area contributed by atoms with E-state index in [1.54, 1.807) is 52.4 Å². The quantitative estimate of drug-likeness (QED) is 0.0505. The normalized spacial score (nSPS) is 17.3. The van der Waals surface area contributed by atoms with E-state index in [1.807, 2.05) is 37.4 Å². The van der Waals surface area contributed by atoms with Crippen molar-refractivity contribution in [3.63, 3.8) is 0 Å². The molecular weight excluding hydrogens is 791 g/mol. The molecule has 1 aromatic carbocycles. The molecule has 18 nitrogen and oxygen atoms in total. The van der Waals surface area contributed by atoms with E-state index >= 15 is 0 Å². The lowest BCUT2D eigenvalue weighted by Gasteiger charge is -2.33. The van der Waals surface area contributed by atoms with E-state index in [-0.39, 0.29) is 49.8 Å². The summed E-state index contributed by atoms with van der Waals surface area (Å²) in [4.78, 5) is 81.4. The number of hydrogen-bond donors (Lipinski definition) is 8. The Morgan fingerprint density at radius 2 is 1.43 bits per heavy atom. The molecule has 1 unspecified atom stereocenters. The topological polar surface area (TPSA) is 250 Å². The van der Waals surface area contributed by atoms with Crippen molar-refractivity contribution in [2.45, 2.75) is 70.1 Å². The molecular formula is C38H63N9O9S2. The van der Waals surface area contributed by atoms with Gasteiger partial charge in [-0.15, -0.1) is 0 Å². The zero-order chi connectivity index (χ0) is 43.4. The van der Waals surface area contributed by atoms with Crippen LogP contribution in [0.3, 0.4) is 0 Å². The highest BCUT2D eigenvalue weighted by molar-refractivity contribution is 7.98. The van der Waals surface area contributed by atoms with Gasteiger partial charge in [0.05, 0.1) is 19.6 Å². The van der Waals surface area contributed by atoms with E-state index in [1.165, 1.54) is 0 Å². The third-order valence-corrected chi connectivity index (χ3v) is 10.5. The number of nitrogens with one attached hydrogen (secondary N) is 4. The van der Waals surface area contributed by atoms with Crippen LogP contribution in [0.4, 0.5) is 5.69 Å². The number of nitrogens with zero attached hydrogens (tertiary/aromatic N) is 4. The smallest absolute Gasteiger partial charge is 0.317 e. The van der Waals surface area contributed by atoms with Crippen molar-refractivity contribution < 1.29 is 44.1 Å². The third kappa shape index (κ3) is 19.6. The number of primary amides is 1. The fourth-order valence-electron chi connectivity index (χ4n) is 6.55. The second-order valence-electron chi connectivity index (χ2n) is 15.1. The summed E-state index contributed by atoms with van der Waals surface area (Å²) in [7, 11) is 3.91. The number of nitrogens with two attached hydrogens (primary N) is 1. The van der Waals surface area contributed by atoms with Crippen LogP contribution in [-0.4, -0.2) is 185 Å². The first-order valence-corrected chi connectivity index (χ1v) is 21.2. The van der Waals surface area contributed by atoms with Crippen LogP contribution in [0.5, 0.6) is 0 Å². The molecule has 9 N–H and O–H groups in total. The average Bonchev–Trinajstić information content (AvgIpc) is 3.19. The second-order valence-corrected chi connectivity index (χ2v) is 16.5. The van der Waals surface area contributed by atoms with Crippen LogP contribution in [0.1, 0.15) is 45.1 Å². The van der Waals surface area contributed by atoms with E-state index in [2.05, 4.69) is 21.3 Å². The van der Waals surface area contributed by atoms with Crippen LogP contribution in [-0.2, 0) is 35.2 Å². The SMILES string of the molecule is CSCC[C@H](NC(=S)Nc1ccc(CC2CN(CC(=O)O)CCN(CC(=O)O)CCN2CC(=O)O)cc1)C(=O)N[C@H](C(=O)N[C@@H](CCCCN(C)C)C(N)=O)C(C)C. The molecule has 0 saturated carbocycles. The summed E-state index contributed by atoms with van der Waals surface area (Å²) >= 11 is 7.14. The number of carboxylic acid groups (broad SMARTS) is 3. The number of anilines is 1. The Hall–Kier alpha value is -4.08. The fourth-order valence-corrected chi connectivity index (χ4v) is 7.28. The molecule has 0 aliphatic carbocycles. The number of carbonyl (C=O) groups is 6.